The number of aryl methyl sites for hydroxylation is 1. The fourth-order valence-electron chi connectivity index (χ4n) is 2.02. The number of fused-ring (bicyclic) bond motifs is 1. The third-order valence-electron chi connectivity index (χ3n) is 2.99. The maximum Gasteiger partial charge on any atom is 0.254 e. The van der Waals surface area contributed by atoms with Crippen molar-refractivity contribution >= 4 is 17.5 Å². The second-order valence-corrected chi connectivity index (χ2v) is 4.95. The van der Waals surface area contributed by atoms with Gasteiger partial charge < -0.3 is 10.2 Å². The summed E-state index contributed by atoms with van der Waals surface area (Å²) in [6, 6.07) is 1.58. The Kier molecular flexibility index (Phi) is 4.16. The molecule has 7 nitrogen and oxygen atoms in total. The molecule has 0 fully saturated rings. The molecule has 20 heavy (non-hydrogen) atoms. The zero-order valence-corrected chi connectivity index (χ0v) is 12.3. The summed E-state index contributed by atoms with van der Waals surface area (Å²) < 4.78 is 1.61. The third kappa shape index (κ3) is 2.87. The summed E-state index contributed by atoms with van der Waals surface area (Å²) in [4.78, 5) is 22.0. The number of nitrogens with one attached hydrogen (secondary N) is 1. The van der Waals surface area contributed by atoms with Crippen molar-refractivity contribution in [1.82, 2.24) is 24.5 Å². The van der Waals surface area contributed by atoms with Crippen molar-refractivity contribution in [2.45, 2.75) is 32.7 Å². The highest BCUT2D eigenvalue weighted by atomic mass is 16.2. The first-order chi connectivity index (χ1) is 9.52. The van der Waals surface area contributed by atoms with Crippen molar-refractivity contribution < 1.29 is 4.79 Å². The number of carbonyl (C=O) groups is 1. The van der Waals surface area contributed by atoms with Gasteiger partial charge in [-0.15, -0.1) is 0 Å². The molecule has 0 saturated carbocycles. The van der Waals surface area contributed by atoms with E-state index in [-0.39, 0.29) is 11.9 Å². The van der Waals surface area contributed by atoms with E-state index >= 15 is 0 Å². The Bertz CT molecular complexity index is 606. The fourth-order valence-corrected chi connectivity index (χ4v) is 2.02. The molecule has 0 aliphatic carbocycles. The Hall–Kier alpha value is -2.18. The molecule has 0 aliphatic rings. The highest BCUT2D eigenvalue weighted by molar-refractivity contribution is 5.83. The van der Waals surface area contributed by atoms with Crippen LogP contribution in [0.15, 0.2) is 12.4 Å². The molecular weight excluding hydrogens is 256 g/mol. The summed E-state index contributed by atoms with van der Waals surface area (Å²) in [6.45, 7) is 3.92. The monoisotopic (exact) mass is 276 g/mol. The number of nitrogens with zero attached hydrogens (tertiary/aromatic N) is 5. The van der Waals surface area contributed by atoms with Crippen LogP contribution in [0.4, 0.5) is 5.82 Å². The van der Waals surface area contributed by atoms with Crippen LogP contribution in [-0.2, 0) is 11.2 Å². The lowest BCUT2D eigenvalue weighted by Crippen LogP contribution is -2.37. The van der Waals surface area contributed by atoms with Crippen molar-refractivity contribution in [2.24, 2.45) is 0 Å². The van der Waals surface area contributed by atoms with Crippen LogP contribution in [0.5, 0.6) is 0 Å². The summed E-state index contributed by atoms with van der Waals surface area (Å²) in [5.41, 5.74) is 0.944. The van der Waals surface area contributed by atoms with Gasteiger partial charge in [-0.05, 0) is 13.3 Å². The van der Waals surface area contributed by atoms with Gasteiger partial charge in [0.2, 0.25) is 5.91 Å². The van der Waals surface area contributed by atoms with Gasteiger partial charge in [0.1, 0.15) is 18.2 Å². The van der Waals surface area contributed by atoms with E-state index < -0.39 is 0 Å². The number of hydrogen-bond acceptors (Lipinski definition) is 5. The van der Waals surface area contributed by atoms with Gasteiger partial charge in [0.15, 0.2) is 0 Å². The van der Waals surface area contributed by atoms with Crippen LogP contribution in [0.1, 0.15) is 26.0 Å². The van der Waals surface area contributed by atoms with Gasteiger partial charge >= 0.3 is 0 Å². The van der Waals surface area contributed by atoms with Gasteiger partial charge in [-0.2, -0.15) is 14.6 Å². The molecule has 2 aromatic rings. The van der Waals surface area contributed by atoms with E-state index in [0.29, 0.717) is 5.78 Å². The summed E-state index contributed by atoms with van der Waals surface area (Å²) in [6.07, 6.45) is 3.33. The third-order valence-corrected chi connectivity index (χ3v) is 2.99. The lowest BCUT2D eigenvalue weighted by Gasteiger charge is -2.19. The first-order valence-corrected chi connectivity index (χ1v) is 6.70. The standard InChI is InChI=1S/C13H20N6O/c1-5-6-10-7-11(16-9(2)12(20)18(3)4)19-13(17-10)14-8-15-19/h7-9,16H,5-6H2,1-4H3/t9-/m0/s1. The zero-order chi connectivity index (χ0) is 14.7. The summed E-state index contributed by atoms with van der Waals surface area (Å²) in [5.74, 6) is 1.29. The number of anilines is 1. The van der Waals surface area contributed by atoms with Crippen LogP contribution >= 0.6 is 0 Å². The molecule has 0 unspecified atom stereocenters. The van der Waals surface area contributed by atoms with E-state index in [1.54, 1.807) is 23.5 Å². The first-order valence-electron chi connectivity index (χ1n) is 6.70. The Morgan fingerprint density at radius 2 is 2.25 bits per heavy atom. The van der Waals surface area contributed by atoms with Crippen LogP contribution < -0.4 is 5.32 Å². The number of rotatable bonds is 5. The zero-order valence-electron chi connectivity index (χ0n) is 12.3. The molecule has 2 aromatic heterocycles. The molecule has 0 aliphatic heterocycles. The minimum Gasteiger partial charge on any atom is -0.358 e. The summed E-state index contributed by atoms with van der Waals surface area (Å²) >= 11 is 0. The van der Waals surface area contributed by atoms with Crippen molar-refractivity contribution in [3.63, 3.8) is 0 Å². The summed E-state index contributed by atoms with van der Waals surface area (Å²) in [5, 5.41) is 7.31. The molecule has 1 amide bonds. The van der Waals surface area contributed by atoms with Gasteiger partial charge in [0.25, 0.3) is 5.78 Å². The van der Waals surface area contributed by atoms with Crippen LogP contribution in [0, 0.1) is 0 Å². The van der Waals surface area contributed by atoms with Crippen LogP contribution in [0.2, 0.25) is 0 Å². The molecular formula is C13H20N6O. The maximum atomic E-state index is 11.9. The Labute approximate surface area is 118 Å². The quantitative estimate of drug-likeness (QED) is 0.880. The smallest absolute Gasteiger partial charge is 0.254 e. The van der Waals surface area contributed by atoms with E-state index in [9.17, 15) is 4.79 Å². The van der Waals surface area contributed by atoms with Crippen LogP contribution in [0.3, 0.4) is 0 Å². The average Bonchev–Trinajstić information content (AvgIpc) is 2.86. The molecule has 1 N–H and O–H groups in total. The Morgan fingerprint density at radius 1 is 1.50 bits per heavy atom. The van der Waals surface area contributed by atoms with E-state index in [2.05, 4.69) is 27.3 Å². The highest BCUT2D eigenvalue weighted by Gasteiger charge is 2.17. The maximum absolute atomic E-state index is 11.9. The predicted molar refractivity (Wildman–Crippen MR) is 76.6 cm³/mol. The Morgan fingerprint density at radius 3 is 2.90 bits per heavy atom. The van der Waals surface area contributed by atoms with Crippen LogP contribution in [0.25, 0.3) is 5.78 Å². The van der Waals surface area contributed by atoms with E-state index in [4.69, 9.17) is 0 Å². The molecule has 0 saturated heterocycles. The molecule has 2 rings (SSSR count). The van der Waals surface area contributed by atoms with Crippen LogP contribution in [-0.4, -0.2) is 50.5 Å². The molecule has 0 bridgehead atoms. The molecule has 0 spiro atoms. The van der Waals surface area contributed by atoms with E-state index in [0.717, 1.165) is 24.4 Å². The van der Waals surface area contributed by atoms with Crippen molar-refractivity contribution in [3.8, 4) is 0 Å². The molecule has 108 valence electrons. The summed E-state index contributed by atoms with van der Waals surface area (Å²) in [7, 11) is 3.47. The van der Waals surface area contributed by atoms with Gasteiger partial charge in [0.05, 0.1) is 0 Å². The number of hydrogen-bond donors (Lipinski definition) is 1. The van der Waals surface area contributed by atoms with E-state index in [1.165, 1.54) is 6.33 Å². The lowest BCUT2D eigenvalue weighted by atomic mass is 10.2. The molecule has 0 radical (unpaired) electrons. The van der Waals surface area contributed by atoms with Crippen molar-refractivity contribution in [1.29, 1.82) is 0 Å². The number of carbonyl (C=O) groups excluding carboxylic acids is 1. The minimum atomic E-state index is -0.339. The van der Waals surface area contributed by atoms with Gasteiger partial charge in [0, 0.05) is 25.9 Å². The van der Waals surface area contributed by atoms with E-state index in [1.807, 2.05) is 13.0 Å². The topological polar surface area (TPSA) is 75.4 Å². The van der Waals surface area contributed by atoms with Gasteiger partial charge in [-0.25, -0.2) is 4.98 Å². The number of amides is 1. The second-order valence-electron chi connectivity index (χ2n) is 4.95. The number of aromatic nitrogens is 4. The van der Waals surface area contributed by atoms with Gasteiger partial charge in [-0.3, -0.25) is 4.79 Å². The lowest BCUT2D eigenvalue weighted by molar-refractivity contribution is -0.129. The van der Waals surface area contributed by atoms with Crippen molar-refractivity contribution in [2.75, 3.05) is 19.4 Å². The van der Waals surface area contributed by atoms with Gasteiger partial charge in [-0.1, -0.05) is 13.3 Å². The average molecular weight is 276 g/mol. The molecule has 0 aromatic carbocycles. The molecule has 2 heterocycles. The Balaban J connectivity index is 2.32. The fraction of sp³-hybridized carbons (Fsp3) is 0.538. The van der Waals surface area contributed by atoms with Crippen molar-refractivity contribution in [3.05, 3.63) is 18.1 Å². The SMILES string of the molecule is CCCc1cc(N[C@@H](C)C(=O)N(C)C)n2ncnc2n1. The first kappa shape index (κ1) is 14.2. The minimum absolute atomic E-state index is 0.00659. The predicted octanol–water partition coefficient (Wildman–Crippen LogP) is 0.965. The normalized spacial score (nSPS) is 12.4. The highest BCUT2D eigenvalue weighted by Crippen LogP contribution is 2.13. The largest absolute Gasteiger partial charge is 0.358 e. The molecule has 1 atom stereocenters. The second kappa shape index (κ2) is 5.85. The number of likely N-dealkylation sites (N-methyl/N-ethyl adjacent to an activating group) is 1. The molecule has 7 heteroatoms.